The molecule has 2 unspecified atom stereocenters. The number of thioether (sulfide) groups is 1. The molecular formula is C11H25NS. The molecule has 0 heterocycles. The third-order valence-electron chi connectivity index (χ3n) is 2.75. The minimum atomic E-state index is 0.677. The molecule has 0 saturated carbocycles. The smallest absolute Gasteiger partial charge is 0.00639 e. The van der Waals surface area contributed by atoms with E-state index >= 15 is 0 Å². The molecule has 1 N–H and O–H groups in total. The van der Waals surface area contributed by atoms with Crippen molar-refractivity contribution >= 4 is 11.8 Å². The van der Waals surface area contributed by atoms with E-state index < -0.39 is 0 Å². The fraction of sp³-hybridized carbons (Fsp3) is 1.00. The Hall–Kier alpha value is 0.310. The van der Waals surface area contributed by atoms with Crippen molar-refractivity contribution in [3.05, 3.63) is 0 Å². The second-order valence-corrected chi connectivity index (χ2v) is 4.98. The van der Waals surface area contributed by atoms with Gasteiger partial charge in [0.1, 0.15) is 0 Å². The van der Waals surface area contributed by atoms with E-state index in [4.69, 9.17) is 0 Å². The Morgan fingerprint density at radius 3 is 2.46 bits per heavy atom. The summed E-state index contributed by atoms with van der Waals surface area (Å²) in [6.45, 7) is 6.82. The number of hydrogen-bond acceptors (Lipinski definition) is 2. The lowest BCUT2D eigenvalue weighted by atomic mass is 9.93. The molecule has 13 heavy (non-hydrogen) atoms. The fourth-order valence-corrected chi connectivity index (χ4v) is 2.29. The Balaban J connectivity index is 3.47. The van der Waals surface area contributed by atoms with E-state index in [-0.39, 0.29) is 0 Å². The largest absolute Gasteiger partial charge is 0.317 e. The van der Waals surface area contributed by atoms with Crippen molar-refractivity contribution < 1.29 is 0 Å². The van der Waals surface area contributed by atoms with Crippen LogP contribution in [0.15, 0.2) is 0 Å². The van der Waals surface area contributed by atoms with E-state index in [0.717, 1.165) is 5.92 Å². The van der Waals surface area contributed by atoms with E-state index in [1.165, 1.54) is 30.8 Å². The maximum Gasteiger partial charge on any atom is 0.00639 e. The van der Waals surface area contributed by atoms with E-state index in [1.807, 2.05) is 0 Å². The second-order valence-electron chi connectivity index (χ2n) is 3.58. The molecule has 0 aliphatic carbocycles. The van der Waals surface area contributed by atoms with Crippen LogP contribution in [0.4, 0.5) is 0 Å². The summed E-state index contributed by atoms with van der Waals surface area (Å²) >= 11 is 2.06. The Bertz CT molecular complexity index is 106. The van der Waals surface area contributed by atoms with Crippen LogP contribution >= 0.6 is 11.8 Å². The molecule has 0 spiro atoms. The first-order chi connectivity index (χ1) is 6.26. The van der Waals surface area contributed by atoms with Crippen LogP contribution in [-0.2, 0) is 0 Å². The highest BCUT2D eigenvalue weighted by Crippen LogP contribution is 2.17. The third kappa shape index (κ3) is 6.39. The number of hydrogen-bond donors (Lipinski definition) is 1. The first kappa shape index (κ1) is 13.3. The standard InChI is InChI=1S/C11H25NS/c1-5-11(10(3)12-4)8-7-9-13-6-2/h10-12H,5-9H2,1-4H3. The normalized spacial score (nSPS) is 15.7. The van der Waals surface area contributed by atoms with E-state index in [2.05, 4.69) is 44.9 Å². The summed E-state index contributed by atoms with van der Waals surface area (Å²) in [7, 11) is 2.06. The second kappa shape index (κ2) is 8.89. The molecule has 0 radical (unpaired) electrons. The van der Waals surface area contributed by atoms with Gasteiger partial charge in [-0.1, -0.05) is 20.3 Å². The summed E-state index contributed by atoms with van der Waals surface area (Å²) in [5.74, 6) is 3.46. The van der Waals surface area contributed by atoms with Crippen LogP contribution < -0.4 is 5.32 Å². The highest BCUT2D eigenvalue weighted by molar-refractivity contribution is 7.99. The molecule has 0 aromatic rings. The lowest BCUT2D eigenvalue weighted by Gasteiger charge is -2.21. The summed E-state index contributed by atoms with van der Waals surface area (Å²) in [4.78, 5) is 0. The molecule has 0 rings (SSSR count). The Morgan fingerprint density at radius 2 is 2.00 bits per heavy atom. The van der Waals surface area contributed by atoms with Crippen LogP contribution in [0, 0.1) is 5.92 Å². The minimum Gasteiger partial charge on any atom is -0.317 e. The van der Waals surface area contributed by atoms with Crippen LogP contribution in [0.5, 0.6) is 0 Å². The number of rotatable bonds is 8. The molecule has 0 amide bonds. The molecular weight excluding hydrogens is 178 g/mol. The summed E-state index contributed by atoms with van der Waals surface area (Å²) in [6.07, 6.45) is 4.06. The molecule has 1 nitrogen and oxygen atoms in total. The van der Waals surface area contributed by atoms with Crippen molar-refractivity contribution in [2.24, 2.45) is 5.92 Å². The maximum absolute atomic E-state index is 3.35. The zero-order valence-corrected chi connectivity index (χ0v) is 10.4. The van der Waals surface area contributed by atoms with Crippen molar-refractivity contribution in [3.63, 3.8) is 0 Å². The van der Waals surface area contributed by atoms with Crippen LogP contribution in [0.1, 0.15) is 40.0 Å². The van der Waals surface area contributed by atoms with Crippen molar-refractivity contribution in [2.75, 3.05) is 18.6 Å². The monoisotopic (exact) mass is 203 g/mol. The molecule has 80 valence electrons. The SMILES string of the molecule is CCSCCCC(CC)C(C)NC. The molecule has 0 fully saturated rings. The quantitative estimate of drug-likeness (QED) is 0.608. The predicted octanol–water partition coefficient (Wildman–Crippen LogP) is 3.15. The van der Waals surface area contributed by atoms with Gasteiger partial charge in [-0.25, -0.2) is 0 Å². The van der Waals surface area contributed by atoms with Crippen LogP contribution in [0.25, 0.3) is 0 Å². The molecule has 2 heteroatoms. The Labute approximate surface area is 88.1 Å². The zero-order chi connectivity index (χ0) is 10.1. The van der Waals surface area contributed by atoms with E-state index in [0.29, 0.717) is 6.04 Å². The van der Waals surface area contributed by atoms with Gasteiger partial charge in [-0.3, -0.25) is 0 Å². The van der Waals surface area contributed by atoms with Gasteiger partial charge in [0.05, 0.1) is 0 Å². The maximum atomic E-state index is 3.35. The van der Waals surface area contributed by atoms with Gasteiger partial charge in [0.2, 0.25) is 0 Å². The van der Waals surface area contributed by atoms with Gasteiger partial charge in [0, 0.05) is 6.04 Å². The summed E-state index contributed by atoms with van der Waals surface area (Å²) in [6, 6.07) is 0.677. The van der Waals surface area contributed by atoms with Crippen molar-refractivity contribution in [1.29, 1.82) is 0 Å². The third-order valence-corrected chi connectivity index (χ3v) is 3.74. The zero-order valence-electron chi connectivity index (χ0n) is 9.60. The molecule has 0 aliphatic heterocycles. The van der Waals surface area contributed by atoms with E-state index in [9.17, 15) is 0 Å². The van der Waals surface area contributed by atoms with Crippen molar-refractivity contribution in [1.82, 2.24) is 5.32 Å². The van der Waals surface area contributed by atoms with Crippen LogP contribution in [-0.4, -0.2) is 24.6 Å². The van der Waals surface area contributed by atoms with E-state index in [1.54, 1.807) is 0 Å². The molecule has 0 aromatic carbocycles. The molecule has 2 atom stereocenters. The lowest BCUT2D eigenvalue weighted by Crippen LogP contribution is -2.30. The highest BCUT2D eigenvalue weighted by atomic mass is 32.2. The average Bonchev–Trinajstić information content (AvgIpc) is 2.17. The van der Waals surface area contributed by atoms with Gasteiger partial charge in [0.15, 0.2) is 0 Å². The summed E-state index contributed by atoms with van der Waals surface area (Å²) in [5, 5.41) is 3.35. The minimum absolute atomic E-state index is 0.677. The van der Waals surface area contributed by atoms with Crippen molar-refractivity contribution in [2.45, 2.75) is 46.1 Å². The van der Waals surface area contributed by atoms with Gasteiger partial charge in [-0.05, 0) is 44.2 Å². The van der Waals surface area contributed by atoms with Gasteiger partial charge in [-0.15, -0.1) is 0 Å². The molecule has 0 aromatic heterocycles. The van der Waals surface area contributed by atoms with Gasteiger partial charge in [-0.2, -0.15) is 11.8 Å². The van der Waals surface area contributed by atoms with Gasteiger partial charge in [0.25, 0.3) is 0 Å². The molecule has 0 bridgehead atoms. The average molecular weight is 203 g/mol. The molecule has 0 saturated heterocycles. The lowest BCUT2D eigenvalue weighted by molar-refractivity contribution is 0.358. The topological polar surface area (TPSA) is 12.0 Å². The van der Waals surface area contributed by atoms with Gasteiger partial charge >= 0.3 is 0 Å². The number of nitrogens with one attached hydrogen (secondary N) is 1. The summed E-state index contributed by atoms with van der Waals surface area (Å²) in [5.41, 5.74) is 0. The predicted molar refractivity (Wildman–Crippen MR) is 64.5 cm³/mol. The first-order valence-corrected chi connectivity index (χ1v) is 6.66. The highest BCUT2D eigenvalue weighted by Gasteiger charge is 2.12. The van der Waals surface area contributed by atoms with Crippen molar-refractivity contribution in [3.8, 4) is 0 Å². The first-order valence-electron chi connectivity index (χ1n) is 5.51. The van der Waals surface area contributed by atoms with Gasteiger partial charge < -0.3 is 5.32 Å². The van der Waals surface area contributed by atoms with Crippen LogP contribution in [0.2, 0.25) is 0 Å². The summed E-state index contributed by atoms with van der Waals surface area (Å²) < 4.78 is 0. The Morgan fingerprint density at radius 1 is 1.31 bits per heavy atom. The van der Waals surface area contributed by atoms with Crippen LogP contribution in [0.3, 0.4) is 0 Å². The fourth-order valence-electron chi connectivity index (χ4n) is 1.64. The molecule has 0 aliphatic rings. The Kier molecular flexibility index (Phi) is 9.10.